The summed E-state index contributed by atoms with van der Waals surface area (Å²) in [5.74, 6) is 0.266. The van der Waals surface area contributed by atoms with Crippen LogP contribution in [0.5, 0.6) is 0 Å². The summed E-state index contributed by atoms with van der Waals surface area (Å²) in [6, 6.07) is 0. The molecule has 1 aliphatic rings. The van der Waals surface area contributed by atoms with E-state index in [-0.39, 0.29) is 5.92 Å². The third-order valence-electron chi connectivity index (χ3n) is 3.41. The third-order valence-corrected chi connectivity index (χ3v) is 5.61. The maximum atomic E-state index is 11.6. The SMILES string of the molecule is CC(C)(CNCC1CCCN(S(C)(=O)=O)C1)NS(C)(=O)=O. The van der Waals surface area contributed by atoms with E-state index in [1.807, 2.05) is 13.8 Å². The van der Waals surface area contributed by atoms with Gasteiger partial charge in [-0.1, -0.05) is 0 Å². The lowest BCUT2D eigenvalue weighted by Crippen LogP contribution is -2.51. The van der Waals surface area contributed by atoms with Gasteiger partial charge in [0.2, 0.25) is 20.0 Å². The van der Waals surface area contributed by atoms with Gasteiger partial charge in [-0.3, -0.25) is 0 Å². The molecule has 7 nitrogen and oxygen atoms in total. The second-order valence-corrected chi connectivity index (χ2v) is 10.2. The lowest BCUT2D eigenvalue weighted by molar-refractivity contribution is 0.256. The fourth-order valence-corrected chi connectivity index (χ4v) is 4.64. The summed E-state index contributed by atoms with van der Waals surface area (Å²) in [5, 5.41) is 3.24. The minimum Gasteiger partial charge on any atom is -0.315 e. The first-order chi connectivity index (χ1) is 9.39. The predicted molar refractivity (Wildman–Crippen MR) is 84.1 cm³/mol. The molecule has 21 heavy (non-hydrogen) atoms. The van der Waals surface area contributed by atoms with E-state index in [1.54, 1.807) is 0 Å². The Balaban J connectivity index is 2.42. The molecule has 0 saturated carbocycles. The number of sulfonamides is 2. The molecular formula is C12H27N3O4S2. The Morgan fingerprint density at radius 2 is 1.81 bits per heavy atom. The van der Waals surface area contributed by atoms with Gasteiger partial charge in [0.05, 0.1) is 12.5 Å². The van der Waals surface area contributed by atoms with Crippen molar-refractivity contribution in [2.45, 2.75) is 32.2 Å². The molecule has 0 radical (unpaired) electrons. The number of rotatable bonds is 7. The molecule has 9 heteroatoms. The van der Waals surface area contributed by atoms with Crippen LogP contribution in [0.25, 0.3) is 0 Å². The van der Waals surface area contributed by atoms with Gasteiger partial charge in [-0.15, -0.1) is 0 Å². The van der Waals surface area contributed by atoms with Crippen LogP contribution in [0.1, 0.15) is 26.7 Å². The van der Waals surface area contributed by atoms with Crippen LogP contribution >= 0.6 is 0 Å². The Morgan fingerprint density at radius 3 is 2.33 bits per heavy atom. The first kappa shape index (κ1) is 18.8. The van der Waals surface area contributed by atoms with Gasteiger partial charge in [-0.2, -0.15) is 0 Å². The summed E-state index contributed by atoms with van der Waals surface area (Å²) in [6.45, 7) is 5.92. The van der Waals surface area contributed by atoms with Crippen molar-refractivity contribution in [3.05, 3.63) is 0 Å². The van der Waals surface area contributed by atoms with Crippen LogP contribution < -0.4 is 10.0 Å². The fraction of sp³-hybridized carbons (Fsp3) is 1.00. The van der Waals surface area contributed by atoms with Gasteiger partial charge in [0.25, 0.3) is 0 Å². The topological polar surface area (TPSA) is 95.6 Å². The second-order valence-electron chi connectivity index (χ2n) is 6.52. The molecule has 0 aromatic heterocycles. The van der Waals surface area contributed by atoms with Gasteiger partial charge in [-0.05, 0) is 39.2 Å². The van der Waals surface area contributed by atoms with Crippen LogP contribution in [-0.2, 0) is 20.0 Å². The van der Waals surface area contributed by atoms with Gasteiger partial charge in [-0.25, -0.2) is 25.9 Å². The molecule has 1 atom stereocenters. The van der Waals surface area contributed by atoms with E-state index in [1.165, 1.54) is 10.6 Å². The van der Waals surface area contributed by atoms with E-state index in [0.717, 1.165) is 19.1 Å². The van der Waals surface area contributed by atoms with Crippen molar-refractivity contribution >= 4 is 20.0 Å². The summed E-state index contributed by atoms with van der Waals surface area (Å²) >= 11 is 0. The lowest BCUT2D eigenvalue weighted by atomic mass is 9.99. The van der Waals surface area contributed by atoms with Crippen molar-refractivity contribution in [1.82, 2.24) is 14.3 Å². The van der Waals surface area contributed by atoms with Gasteiger partial charge in [0, 0.05) is 25.2 Å². The highest BCUT2D eigenvalue weighted by atomic mass is 32.2. The predicted octanol–water partition coefficient (Wildman–Crippen LogP) is -0.425. The largest absolute Gasteiger partial charge is 0.315 e. The first-order valence-corrected chi connectivity index (χ1v) is 10.8. The molecule has 1 rings (SSSR count). The van der Waals surface area contributed by atoms with Crippen molar-refractivity contribution in [2.24, 2.45) is 5.92 Å². The van der Waals surface area contributed by atoms with Gasteiger partial charge in [0.15, 0.2) is 0 Å². The Hall–Kier alpha value is -0.220. The Bertz CT molecular complexity index is 543. The van der Waals surface area contributed by atoms with Gasteiger partial charge >= 0.3 is 0 Å². The van der Waals surface area contributed by atoms with Gasteiger partial charge < -0.3 is 5.32 Å². The number of nitrogens with one attached hydrogen (secondary N) is 2. The summed E-state index contributed by atoms with van der Waals surface area (Å²) in [4.78, 5) is 0. The molecular weight excluding hydrogens is 314 g/mol. The number of hydrogen-bond acceptors (Lipinski definition) is 5. The summed E-state index contributed by atoms with van der Waals surface area (Å²) in [6.07, 6.45) is 4.23. The van der Waals surface area contributed by atoms with Crippen LogP contribution in [-0.4, -0.2) is 65.4 Å². The summed E-state index contributed by atoms with van der Waals surface area (Å²) < 4.78 is 49.7. The number of hydrogen-bond donors (Lipinski definition) is 2. The van der Waals surface area contributed by atoms with E-state index in [0.29, 0.717) is 26.2 Å². The summed E-state index contributed by atoms with van der Waals surface area (Å²) in [7, 11) is -6.37. The second kappa shape index (κ2) is 6.91. The van der Waals surface area contributed by atoms with Crippen LogP contribution in [0.15, 0.2) is 0 Å². The maximum Gasteiger partial charge on any atom is 0.211 e. The zero-order chi connectivity index (χ0) is 16.3. The van der Waals surface area contributed by atoms with E-state index >= 15 is 0 Å². The quantitative estimate of drug-likeness (QED) is 0.655. The normalized spacial score (nSPS) is 22.4. The van der Waals surface area contributed by atoms with E-state index in [9.17, 15) is 16.8 Å². The molecule has 126 valence electrons. The minimum atomic E-state index is -3.24. The molecule has 1 aliphatic heterocycles. The molecule has 1 heterocycles. The van der Waals surface area contributed by atoms with E-state index < -0.39 is 25.6 Å². The van der Waals surface area contributed by atoms with Crippen molar-refractivity contribution in [1.29, 1.82) is 0 Å². The highest BCUT2D eigenvalue weighted by molar-refractivity contribution is 7.88. The smallest absolute Gasteiger partial charge is 0.211 e. The highest BCUT2D eigenvalue weighted by Gasteiger charge is 2.27. The molecule has 0 bridgehead atoms. The number of piperidine rings is 1. The molecule has 1 saturated heterocycles. The zero-order valence-corrected chi connectivity index (χ0v) is 14.8. The van der Waals surface area contributed by atoms with E-state index in [4.69, 9.17) is 0 Å². The Kier molecular flexibility index (Phi) is 6.19. The first-order valence-electron chi connectivity index (χ1n) is 7.04. The Morgan fingerprint density at radius 1 is 1.19 bits per heavy atom. The minimum absolute atomic E-state index is 0.266. The molecule has 0 aliphatic carbocycles. The number of nitrogens with zero attached hydrogens (tertiary/aromatic N) is 1. The highest BCUT2D eigenvalue weighted by Crippen LogP contribution is 2.18. The monoisotopic (exact) mass is 341 g/mol. The summed E-state index contributed by atoms with van der Waals surface area (Å²) in [5.41, 5.74) is -0.571. The van der Waals surface area contributed by atoms with Crippen molar-refractivity contribution in [3.8, 4) is 0 Å². The van der Waals surface area contributed by atoms with Crippen molar-refractivity contribution < 1.29 is 16.8 Å². The van der Waals surface area contributed by atoms with Crippen molar-refractivity contribution in [2.75, 3.05) is 38.7 Å². The molecule has 0 spiro atoms. The average Bonchev–Trinajstić information content (AvgIpc) is 2.24. The standard InChI is InChI=1S/C12H27N3O4S2/c1-12(2,14-20(3,16)17)10-13-8-11-6-5-7-15(9-11)21(4,18)19/h11,13-14H,5-10H2,1-4H3. The van der Waals surface area contributed by atoms with Crippen molar-refractivity contribution in [3.63, 3.8) is 0 Å². The third kappa shape index (κ3) is 7.55. The zero-order valence-electron chi connectivity index (χ0n) is 13.2. The molecule has 2 N–H and O–H groups in total. The van der Waals surface area contributed by atoms with Crippen LogP contribution in [0.2, 0.25) is 0 Å². The molecule has 0 aromatic carbocycles. The molecule has 1 fully saturated rings. The molecule has 1 unspecified atom stereocenters. The Labute approximate surface area is 128 Å². The lowest BCUT2D eigenvalue weighted by Gasteiger charge is -2.32. The van der Waals surface area contributed by atoms with E-state index in [2.05, 4.69) is 10.0 Å². The molecule has 0 aromatic rings. The molecule has 0 amide bonds. The average molecular weight is 341 g/mol. The van der Waals surface area contributed by atoms with Crippen LogP contribution in [0.3, 0.4) is 0 Å². The fourth-order valence-electron chi connectivity index (χ4n) is 2.62. The maximum absolute atomic E-state index is 11.6. The van der Waals surface area contributed by atoms with Gasteiger partial charge in [0.1, 0.15) is 0 Å². The van der Waals surface area contributed by atoms with Crippen LogP contribution in [0, 0.1) is 5.92 Å². The van der Waals surface area contributed by atoms with Crippen LogP contribution in [0.4, 0.5) is 0 Å².